The number of halogens is 6. The molecule has 3 N–H and O–H groups in total. The van der Waals surface area contributed by atoms with Gasteiger partial charge in [-0.05, 0) is 30.3 Å². The van der Waals surface area contributed by atoms with Crippen LogP contribution in [0.25, 0.3) is 0 Å². The van der Waals surface area contributed by atoms with E-state index in [2.05, 4.69) is 20.3 Å². The van der Waals surface area contributed by atoms with Gasteiger partial charge in [-0.1, -0.05) is 23.0 Å². The summed E-state index contributed by atoms with van der Waals surface area (Å²) in [6.07, 6.45) is -9.59. The third-order valence-electron chi connectivity index (χ3n) is 3.11. The molecule has 0 saturated heterocycles. The van der Waals surface area contributed by atoms with Crippen molar-refractivity contribution in [3.8, 4) is 0 Å². The molecule has 0 aliphatic rings. The average molecular weight is 438 g/mol. The molecule has 0 aliphatic heterocycles. The highest BCUT2D eigenvalue weighted by Gasteiger charge is 2.31. The Hall–Kier alpha value is -2.96. The molecular formula is C16H12F6N4O2S. The maximum atomic E-state index is 12.6. The van der Waals surface area contributed by atoms with Crippen LogP contribution < -0.4 is 11.1 Å². The normalized spacial score (nSPS) is 12.6. The molecule has 0 aliphatic carbocycles. The van der Waals surface area contributed by atoms with Gasteiger partial charge < -0.3 is 5.73 Å². The number of thioether (sulfide) groups is 1. The number of pyridine rings is 1. The van der Waals surface area contributed by atoms with Crippen LogP contribution in [0.2, 0.25) is 0 Å². The molecule has 0 spiro atoms. The van der Waals surface area contributed by atoms with Gasteiger partial charge in [-0.25, -0.2) is 9.78 Å². The number of hydrogen-bond donors (Lipinski definition) is 2. The molecule has 13 heteroatoms. The third-order valence-corrected chi connectivity index (χ3v) is 4.09. The van der Waals surface area contributed by atoms with Crippen molar-refractivity contribution < 1.29 is 36.0 Å². The van der Waals surface area contributed by atoms with E-state index in [1.54, 1.807) is 0 Å². The monoisotopic (exact) mass is 438 g/mol. The minimum Gasteiger partial charge on any atom is -0.384 e. The fraction of sp³-hybridized carbons (Fsp3) is 0.188. The van der Waals surface area contributed by atoms with Crippen molar-refractivity contribution >= 4 is 29.4 Å². The summed E-state index contributed by atoms with van der Waals surface area (Å²) in [6, 6.07) is 5.85. The lowest BCUT2D eigenvalue weighted by Gasteiger charge is -2.09. The van der Waals surface area contributed by atoms with Crippen molar-refractivity contribution in [1.82, 2.24) is 4.98 Å². The minimum absolute atomic E-state index is 0.0603. The molecule has 0 fully saturated rings. The van der Waals surface area contributed by atoms with E-state index in [0.29, 0.717) is 12.3 Å². The summed E-state index contributed by atoms with van der Waals surface area (Å²) in [4.78, 5) is 19.6. The van der Waals surface area contributed by atoms with E-state index in [9.17, 15) is 31.1 Å². The highest BCUT2D eigenvalue weighted by Crippen LogP contribution is 2.31. The molecule has 1 aromatic carbocycles. The zero-order valence-corrected chi connectivity index (χ0v) is 15.0. The Bertz CT molecular complexity index is 884. The number of aromatic nitrogens is 1. The van der Waals surface area contributed by atoms with E-state index < -0.39 is 29.6 Å². The lowest BCUT2D eigenvalue weighted by Crippen LogP contribution is -2.18. The first kappa shape index (κ1) is 22.3. The van der Waals surface area contributed by atoms with Crippen LogP contribution in [0.5, 0.6) is 0 Å². The van der Waals surface area contributed by atoms with Gasteiger partial charge in [0.2, 0.25) is 0 Å². The summed E-state index contributed by atoms with van der Waals surface area (Å²) >= 11 is 0.937. The van der Waals surface area contributed by atoms with Crippen molar-refractivity contribution in [1.29, 1.82) is 0 Å². The molecule has 1 amide bonds. The summed E-state index contributed by atoms with van der Waals surface area (Å²) < 4.78 is 75.2. The first-order valence-electron chi connectivity index (χ1n) is 7.59. The molecule has 0 atom stereocenters. The first-order valence-corrected chi connectivity index (χ1v) is 8.57. The van der Waals surface area contributed by atoms with Crippen molar-refractivity contribution in [2.75, 3.05) is 11.1 Å². The number of amidine groups is 1. The summed E-state index contributed by atoms with van der Waals surface area (Å²) in [5.41, 5.74) is 3.48. The summed E-state index contributed by atoms with van der Waals surface area (Å²) in [5.74, 6) is -0.259. The number of rotatable bonds is 5. The van der Waals surface area contributed by atoms with Gasteiger partial charge in [0.1, 0.15) is 0 Å². The van der Waals surface area contributed by atoms with Crippen LogP contribution in [0.3, 0.4) is 0 Å². The second kappa shape index (κ2) is 9.03. The molecule has 156 valence electrons. The first-order chi connectivity index (χ1) is 13.4. The van der Waals surface area contributed by atoms with Gasteiger partial charge in [0.05, 0.1) is 21.9 Å². The highest BCUT2D eigenvalue weighted by molar-refractivity contribution is 7.99. The summed E-state index contributed by atoms with van der Waals surface area (Å²) in [6.45, 7) is 0. The predicted octanol–water partition coefficient (Wildman–Crippen LogP) is 4.73. The predicted molar refractivity (Wildman–Crippen MR) is 93.1 cm³/mol. The van der Waals surface area contributed by atoms with Crippen LogP contribution in [-0.2, 0) is 17.2 Å². The molecule has 2 rings (SSSR count). The molecule has 1 aromatic heterocycles. The molecule has 0 radical (unpaired) electrons. The number of hydrogen-bond acceptors (Lipinski definition) is 5. The number of carbonyl (C=O) groups is 1. The number of nitrogens with two attached hydrogens (primary N) is 1. The van der Waals surface area contributed by atoms with E-state index >= 15 is 0 Å². The van der Waals surface area contributed by atoms with E-state index in [4.69, 9.17) is 5.73 Å². The Morgan fingerprint density at radius 3 is 2.38 bits per heavy atom. The molecular weight excluding hydrogens is 426 g/mol. The van der Waals surface area contributed by atoms with Crippen LogP contribution in [0.4, 0.5) is 36.8 Å². The minimum atomic E-state index is -4.58. The molecule has 29 heavy (non-hydrogen) atoms. The number of nitrogens with one attached hydrogen (secondary N) is 1. The van der Waals surface area contributed by atoms with Gasteiger partial charge in [-0.3, -0.25) is 10.2 Å². The number of oxime groups is 1. The quantitative estimate of drug-likeness (QED) is 0.176. The molecule has 2 aromatic rings. The Balaban J connectivity index is 1.85. The third kappa shape index (κ3) is 7.18. The lowest BCUT2D eigenvalue weighted by molar-refractivity contribution is -0.138. The van der Waals surface area contributed by atoms with Gasteiger partial charge in [0.25, 0.3) is 0 Å². The van der Waals surface area contributed by atoms with Crippen molar-refractivity contribution in [2.45, 2.75) is 17.4 Å². The number of carbonyl (C=O) groups excluding carboxylic acids is 1. The lowest BCUT2D eigenvalue weighted by atomic mass is 10.2. The number of nitrogens with zero attached hydrogens (tertiary/aromatic N) is 2. The largest absolute Gasteiger partial charge is 0.437 e. The Morgan fingerprint density at radius 1 is 1.10 bits per heavy atom. The van der Waals surface area contributed by atoms with Crippen molar-refractivity contribution in [3.63, 3.8) is 0 Å². The SMILES string of the molecule is NC(CSc1ccc(C(F)(F)F)cn1)=NOC(=O)Nc1cccc(C(F)(F)F)c1. The highest BCUT2D eigenvalue weighted by atomic mass is 32.2. The summed E-state index contributed by atoms with van der Waals surface area (Å²) in [7, 11) is 0. The van der Waals surface area contributed by atoms with Gasteiger partial charge in [0, 0.05) is 11.9 Å². The number of benzene rings is 1. The molecule has 0 unspecified atom stereocenters. The van der Waals surface area contributed by atoms with E-state index in [-0.39, 0.29) is 22.3 Å². The second-order valence-electron chi connectivity index (χ2n) is 5.34. The van der Waals surface area contributed by atoms with Crippen molar-refractivity contribution in [2.24, 2.45) is 10.9 Å². The number of alkyl halides is 6. The van der Waals surface area contributed by atoms with Gasteiger partial charge in [0.15, 0.2) is 5.84 Å². The van der Waals surface area contributed by atoms with Gasteiger partial charge in [-0.2, -0.15) is 26.3 Å². The van der Waals surface area contributed by atoms with Crippen LogP contribution in [0, 0.1) is 0 Å². The summed E-state index contributed by atoms with van der Waals surface area (Å²) in [5, 5.41) is 5.58. The Morgan fingerprint density at radius 2 is 1.79 bits per heavy atom. The second-order valence-corrected chi connectivity index (χ2v) is 6.33. The van der Waals surface area contributed by atoms with E-state index in [1.165, 1.54) is 6.07 Å². The van der Waals surface area contributed by atoms with Crippen LogP contribution in [0.15, 0.2) is 52.8 Å². The van der Waals surface area contributed by atoms with E-state index in [1.807, 2.05) is 0 Å². The number of amides is 1. The maximum Gasteiger partial charge on any atom is 0.437 e. The standard InChI is InChI=1S/C16H12F6N4O2S/c17-15(18,19)9-2-1-3-11(6-9)25-14(27)28-26-12(23)8-29-13-5-4-10(7-24-13)16(20,21)22/h1-7H,8H2,(H2,23,26)(H,25,27). The number of anilines is 1. The zero-order chi connectivity index (χ0) is 21.7. The molecule has 0 bridgehead atoms. The Labute approximate surface area is 164 Å². The van der Waals surface area contributed by atoms with E-state index in [0.717, 1.165) is 36.0 Å². The smallest absolute Gasteiger partial charge is 0.384 e. The maximum absolute atomic E-state index is 12.6. The van der Waals surface area contributed by atoms with Crippen LogP contribution in [-0.4, -0.2) is 22.7 Å². The zero-order valence-electron chi connectivity index (χ0n) is 14.2. The van der Waals surface area contributed by atoms with Gasteiger partial charge in [-0.15, -0.1) is 0 Å². The topological polar surface area (TPSA) is 89.6 Å². The fourth-order valence-corrected chi connectivity index (χ4v) is 2.46. The van der Waals surface area contributed by atoms with Gasteiger partial charge >= 0.3 is 18.4 Å². The van der Waals surface area contributed by atoms with Crippen molar-refractivity contribution in [3.05, 3.63) is 53.7 Å². The fourth-order valence-electron chi connectivity index (χ4n) is 1.82. The van der Waals surface area contributed by atoms with Crippen LogP contribution in [0.1, 0.15) is 11.1 Å². The average Bonchev–Trinajstić information content (AvgIpc) is 2.64. The molecule has 0 saturated carbocycles. The molecule has 1 heterocycles. The van der Waals surface area contributed by atoms with Crippen LogP contribution >= 0.6 is 11.8 Å². The molecule has 6 nitrogen and oxygen atoms in total. The Kier molecular flexibility index (Phi) is 6.95.